The van der Waals surface area contributed by atoms with Crippen molar-refractivity contribution in [2.75, 3.05) is 10.6 Å². The highest BCUT2D eigenvalue weighted by atomic mass is 31.1. The minimum atomic E-state index is -0.944. The van der Waals surface area contributed by atoms with Gasteiger partial charge in [-0.05, 0) is 47.4 Å². The fourth-order valence-electron chi connectivity index (χ4n) is 3.87. The molecule has 0 unspecified atom stereocenters. The number of hydrogen-bond donors (Lipinski definition) is 2. The SMILES string of the molecule is CC(C)(C)CC(=O)Nc1cccc(NC(=O)c2ccccc2P(c2ccccc2)c2ccccc2)n1. The summed E-state index contributed by atoms with van der Waals surface area (Å²) < 4.78 is 0. The Morgan fingerprint density at radius 2 is 1.22 bits per heavy atom. The summed E-state index contributed by atoms with van der Waals surface area (Å²) in [6.07, 6.45) is 0.376. The summed E-state index contributed by atoms with van der Waals surface area (Å²) >= 11 is 0. The zero-order chi connectivity index (χ0) is 25.5. The third-order valence-electron chi connectivity index (χ3n) is 5.37. The number of anilines is 2. The maximum atomic E-state index is 13.5. The number of carbonyl (C=O) groups is 2. The lowest BCUT2D eigenvalue weighted by Crippen LogP contribution is -2.27. The Bertz CT molecular complexity index is 1300. The van der Waals surface area contributed by atoms with Crippen molar-refractivity contribution >= 4 is 47.3 Å². The van der Waals surface area contributed by atoms with E-state index in [0.717, 1.165) is 5.30 Å². The average Bonchev–Trinajstić information content (AvgIpc) is 2.85. The molecule has 0 saturated heterocycles. The summed E-state index contributed by atoms with van der Waals surface area (Å²) in [5.74, 6) is 0.439. The van der Waals surface area contributed by atoms with Crippen LogP contribution in [0.15, 0.2) is 103 Å². The first-order valence-electron chi connectivity index (χ1n) is 11.9. The summed E-state index contributed by atoms with van der Waals surface area (Å²) in [5.41, 5.74) is 0.468. The van der Waals surface area contributed by atoms with Gasteiger partial charge in [0.2, 0.25) is 5.91 Å². The second kappa shape index (κ2) is 11.3. The normalized spacial score (nSPS) is 11.2. The Morgan fingerprint density at radius 1 is 0.694 bits per heavy atom. The second-order valence-corrected chi connectivity index (χ2v) is 11.9. The number of aromatic nitrogens is 1. The van der Waals surface area contributed by atoms with Gasteiger partial charge in [0.25, 0.3) is 5.91 Å². The number of rotatable bonds is 7. The molecule has 0 aliphatic carbocycles. The van der Waals surface area contributed by atoms with Crippen LogP contribution in [0, 0.1) is 5.41 Å². The Hall–Kier alpha value is -3.82. The Labute approximate surface area is 213 Å². The van der Waals surface area contributed by atoms with Crippen LogP contribution in [0.5, 0.6) is 0 Å². The van der Waals surface area contributed by atoms with E-state index in [2.05, 4.69) is 39.9 Å². The topological polar surface area (TPSA) is 71.1 Å². The van der Waals surface area contributed by atoms with Crippen LogP contribution in [0.4, 0.5) is 11.6 Å². The van der Waals surface area contributed by atoms with Crippen molar-refractivity contribution in [3.63, 3.8) is 0 Å². The first kappa shape index (κ1) is 25.3. The van der Waals surface area contributed by atoms with Gasteiger partial charge in [0.05, 0.1) is 0 Å². The second-order valence-electron chi connectivity index (χ2n) is 9.67. The van der Waals surface area contributed by atoms with Crippen LogP contribution in [-0.2, 0) is 4.79 Å². The Kier molecular flexibility index (Phi) is 7.92. The maximum absolute atomic E-state index is 13.5. The Morgan fingerprint density at radius 3 is 1.81 bits per heavy atom. The smallest absolute Gasteiger partial charge is 0.257 e. The molecular formula is C30H30N3O2P. The van der Waals surface area contributed by atoms with E-state index in [9.17, 15) is 9.59 Å². The van der Waals surface area contributed by atoms with Crippen molar-refractivity contribution in [2.45, 2.75) is 27.2 Å². The largest absolute Gasteiger partial charge is 0.311 e. The van der Waals surface area contributed by atoms with Gasteiger partial charge in [-0.3, -0.25) is 9.59 Å². The standard InChI is InChI=1S/C30H30N3O2P/c1-30(2,3)21-28(34)32-26-19-12-20-27(31-26)33-29(35)24-17-10-11-18-25(24)36(22-13-6-4-7-14-22)23-15-8-5-9-16-23/h4-20H,21H2,1-3H3,(H2,31,32,33,34,35). The van der Waals surface area contributed by atoms with E-state index >= 15 is 0 Å². The highest BCUT2D eigenvalue weighted by molar-refractivity contribution is 7.80. The lowest BCUT2D eigenvalue weighted by molar-refractivity contribution is -0.117. The van der Waals surface area contributed by atoms with Gasteiger partial charge >= 0.3 is 0 Å². The van der Waals surface area contributed by atoms with Gasteiger partial charge in [-0.2, -0.15) is 0 Å². The maximum Gasteiger partial charge on any atom is 0.257 e. The number of nitrogens with one attached hydrogen (secondary N) is 2. The summed E-state index contributed by atoms with van der Waals surface area (Å²) in [4.78, 5) is 30.3. The zero-order valence-electron chi connectivity index (χ0n) is 20.7. The van der Waals surface area contributed by atoms with Gasteiger partial charge in [-0.15, -0.1) is 0 Å². The molecule has 182 valence electrons. The molecule has 0 fully saturated rings. The van der Waals surface area contributed by atoms with Crippen molar-refractivity contribution < 1.29 is 9.59 Å². The summed E-state index contributed by atoms with van der Waals surface area (Å²) in [6.45, 7) is 6.02. The van der Waals surface area contributed by atoms with Crippen LogP contribution in [-0.4, -0.2) is 16.8 Å². The van der Waals surface area contributed by atoms with Gasteiger partial charge in [-0.25, -0.2) is 4.98 Å². The number of amides is 2. The summed E-state index contributed by atoms with van der Waals surface area (Å²) in [7, 11) is -0.944. The Balaban J connectivity index is 1.62. The monoisotopic (exact) mass is 495 g/mol. The molecule has 0 spiro atoms. The number of pyridine rings is 1. The van der Waals surface area contributed by atoms with E-state index in [-0.39, 0.29) is 17.2 Å². The van der Waals surface area contributed by atoms with E-state index in [4.69, 9.17) is 0 Å². The molecule has 4 rings (SSSR count). The molecule has 1 heterocycles. The summed E-state index contributed by atoms with van der Waals surface area (Å²) in [6, 6.07) is 33.5. The molecule has 36 heavy (non-hydrogen) atoms. The fourth-order valence-corrected chi connectivity index (χ4v) is 6.32. The number of hydrogen-bond acceptors (Lipinski definition) is 3. The molecule has 3 aromatic carbocycles. The number of benzene rings is 3. The van der Waals surface area contributed by atoms with Crippen LogP contribution in [0.1, 0.15) is 37.6 Å². The molecule has 2 N–H and O–H groups in total. The molecule has 0 aliphatic rings. The van der Waals surface area contributed by atoms with Crippen LogP contribution < -0.4 is 26.5 Å². The van der Waals surface area contributed by atoms with E-state index < -0.39 is 7.92 Å². The lowest BCUT2D eigenvalue weighted by Gasteiger charge is -2.22. The predicted octanol–water partition coefficient (Wildman–Crippen LogP) is 5.47. The first-order chi connectivity index (χ1) is 17.3. The molecule has 0 aliphatic heterocycles. The predicted molar refractivity (Wildman–Crippen MR) is 150 cm³/mol. The highest BCUT2D eigenvalue weighted by Gasteiger charge is 2.22. The zero-order valence-corrected chi connectivity index (χ0v) is 21.6. The van der Waals surface area contributed by atoms with Crippen LogP contribution in [0.3, 0.4) is 0 Å². The number of carbonyl (C=O) groups excluding carboxylic acids is 2. The third kappa shape index (κ3) is 6.65. The quantitative estimate of drug-likeness (QED) is 0.334. The minimum absolute atomic E-state index is 0.111. The molecule has 1 aromatic heterocycles. The van der Waals surface area contributed by atoms with E-state index in [1.165, 1.54) is 10.6 Å². The third-order valence-corrected chi connectivity index (χ3v) is 7.87. The highest BCUT2D eigenvalue weighted by Crippen LogP contribution is 2.34. The van der Waals surface area contributed by atoms with Crippen molar-refractivity contribution in [2.24, 2.45) is 5.41 Å². The molecule has 0 saturated carbocycles. The van der Waals surface area contributed by atoms with E-state index in [1.807, 2.05) is 81.4 Å². The van der Waals surface area contributed by atoms with Gasteiger partial charge < -0.3 is 10.6 Å². The molecule has 4 aromatic rings. The summed E-state index contributed by atoms with van der Waals surface area (Å²) in [5, 5.41) is 9.06. The van der Waals surface area contributed by atoms with Crippen molar-refractivity contribution in [3.8, 4) is 0 Å². The molecular weight excluding hydrogens is 465 g/mol. The van der Waals surface area contributed by atoms with Crippen molar-refractivity contribution in [1.29, 1.82) is 0 Å². The van der Waals surface area contributed by atoms with Gasteiger partial charge in [0, 0.05) is 12.0 Å². The molecule has 5 nitrogen and oxygen atoms in total. The van der Waals surface area contributed by atoms with Gasteiger partial charge in [0.15, 0.2) is 0 Å². The van der Waals surface area contributed by atoms with Crippen LogP contribution in [0.25, 0.3) is 0 Å². The van der Waals surface area contributed by atoms with E-state index in [0.29, 0.717) is 23.6 Å². The van der Waals surface area contributed by atoms with Crippen LogP contribution in [0.2, 0.25) is 0 Å². The fraction of sp³-hybridized carbons (Fsp3) is 0.167. The van der Waals surface area contributed by atoms with Crippen molar-refractivity contribution in [1.82, 2.24) is 4.98 Å². The average molecular weight is 496 g/mol. The minimum Gasteiger partial charge on any atom is -0.311 e. The lowest BCUT2D eigenvalue weighted by atomic mass is 9.92. The molecule has 0 radical (unpaired) electrons. The number of nitrogens with zero attached hydrogens (tertiary/aromatic N) is 1. The first-order valence-corrected chi connectivity index (χ1v) is 13.2. The van der Waals surface area contributed by atoms with Crippen LogP contribution >= 0.6 is 7.92 Å². The molecule has 0 atom stereocenters. The van der Waals surface area contributed by atoms with Gasteiger partial charge in [-0.1, -0.05) is 106 Å². The van der Waals surface area contributed by atoms with Gasteiger partial charge in [0.1, 0.15) is 11.6 Å². The van der Waals surface area contributed by atoms with Crippen molar-refractivity contribution in [3.05, 3.63) is 109 Å². The molecule has 0 bridgehead atoms. The molecule has 6 heteroatoms. The molecule has 2 amide bonds. The van der Waals surface area contributed by atoms with E-state index in [1.54, 1.807) is 18.2 Å².